The zero-order valence-electron chi connectivity index (χ0n) is 9.03. The van der Waals surface area contributed by atoms with Gasteiger partial charge in [-0.3, -0.25) is 0 Å². The second-order valence-corrected chi connectivity index (χ2v) is 4.39. The summed E-state index contributed by atoms with van der Waals surface area (Å²) in [7, 11) is 0. The van der Waals surface area contributed by atoms with Crippen LogP contribution in [-0.2, 0) is 6.54 Å². The van der Waals surface area contributed by atoms with Gasteiger partial charge in [0.2, 0.25) is 0 Å². The third-order valence-corrected chi connectivity index (χ3v) is 2.84. The van der Waals surface area contributed by atoms with E-state index in [1.165, 1.54) is 25.2 Å². The Kier molecular flexibility index (Phi) is 2.87. The number of nitrogens with one attached hydrogen (secondary N) is 1. The summed E-state index contributed by atoms with van der Waals surface area (Å²) < 4.78 is 2.29. The third kappa shape index (κ3) is 1.98. The Labute approximate surface area is 85.5 Å². The van der Waals surface area contributed by atoms with Gasteiger partial charge in [-0.1, -0.05) is 13.8 Å². The number of nitrogens with zero attached hydrogens (tertiary/aromatic N) is 2. The standard InChI is InChI=1S/C11H19N3/c1-9(2)11-13-6-7-14(11)8-10-4-3-5-12-10/h6-7,9-10,12H,3-5,8H2,1-2H3/t10-/m0/s1. The van der Waals surface area contributed by atoms with Crippen molar-refractivity contribution in [2.45, 2.75) is 45.2 Å². The van der Waals surface area contributed by atoms with Crippen LogP contribution in [0.5, 0.6) is 0 Å². The van der Waals surface area contributed by atoms with E-state index in [9.17, 15) is 0 Å². The fraction of sp³-hybridized carbons (Fsp3) is 0.727. The van der Waals surface area contributed by atoms with Crippen molar-refractivity contribution in [2.75, 3.05) is 6.54 Å². The van der Waals surface area contributed by atoms with Crippen LogP contribution in [0.2, 0.25) is 0 Å². The Bertz CT molecular complexity index is 284. The third-order valence-electron chi connectivity index (χ3n) is 2.84. The Morgan fingerprint density at radius 3 is 3.14 bits per heavy atom. The summed E-state index contributed by atoms with van der Waals surface area (Å²) >= 11 is 0. The lowest BCUT2D eigenvalue weighted by atomic mass is 10.2. The highest BCUT2D eigenvalue weighted by molar-refractivity contribution is 4.98. The van der Waals surface area contributed by atoms with E-state index in [-0.39, 0.29) is 0 Å². The van der Waals surface area contributed by atoms with Crippen molar-refractivity contribution in [3.05, 3.63) is 18.2 Å². The van der Waals surface area contributed by atoms with Gasteiger partial charge >= 0.3 is 0 Å². The molecule has 1 N–H and O–H groups in total. The molecule has 2 rings (SSSR count). The van der Waals surface area contributed by atoms with E-state index in [2.05, 4.69) is 34.9 Å². The summed E-state index contributed by atoms with van der Waals surface area (Å²) in [6, 6.07) is 0.654. The van der Waals surface area contributed by atoms with Crippen LogP contribution in [0, 0.1) is 0 Å². The molecule has 78 valence electrons. The molecule has 0 unspecified atom stereocenters. The summed E-state index contributed by atoms with van der Waals surface area (Å²) in [6.45, 7) is 6.64. The van der Waals surface area contributed by atoms with Gasteiger partial charge in [0, 0.05) is 30.9 Å². The summed E-state index contributed by atoms with van der Waals surface area (Å²) in [5.41, 5.74) is 0. The molecule has 1 aromatic heterocycles. The average Bonchev–Trinajstić information content (AvgIpc) is 2.75. The number of hydrogen-bond donors (Lipinski definition) is 1. The molecule has 0 bridgehead atoms. The molecule has 3 heteroatoms. The first-order valence-corrected chi connectivity index (χ1v) is 5.52. The molecule has 2 heterocycles. The first-order chi connectivity index (χ1) is 6.77. The van der Waals surface area contributed by atoms with Gasteiger partial charge in [-0.2, -0.15) is 0 Å². The van der Waals surface area contributed by atoms with Crippen LogP contribution in [0.3, 0.4) is 0 Å². The Morgan fingerprint density at radius 2 is 2.50 bits per heavy atom. The SMILES string of the molecule is CC(C)c1nccn1C[C@@H]1CCCN1. The van der Waals surface area contributed by atoms with E-state index in [0.29, 0.717) is 12.0 Å². The quantitative estimate of drug-likeness (QED) is 0.792. The maximum absolute atomic E-state index is 4.39. The molecule has 0 spiro atoms. The fourth-order valence-electron chi connectivity index (χ4n) is 2.13. The Morgan fingerprint density at radius 1 is 1.64 bits per heavy atom. The summed E-state index contributed by atoms with van der Waals surface area (Å²) in [6.07, 6.45) is 6.62. The van der Waals surface area contributed by atoms with Crippen LogP contribution in [-0.4, -0.2) is 22.1 Å². The van der Waals surface area contributed by atoms with Crippen molar-refractivity contribution in [3.8, 4) is 0 Å². The van der Waals surface area contributed by atoms with Gasteiger partial charge < -0.3 is 9.88 Å². The summed E-state index contributed by atoms with van der Waals surface area (Å²) in [5, 5.41) is 3.51. The molecule has 0 aliphatic carbocycles. The maximum atomic E-state index is 4.39. The molecule has 1 aliphatic heterocycles. The van der Waals surface area contributed by atoms with Crippen molar-refractivity contribution in [3.63, 3.8) is 0 Å². The molecule has 1 atom stereocenters. The topological polar surface area (TPSA) is 29.9 Å². The van der Waals surface area contributed by atoms with Gasteiger partial charge in [0.1, 0.15) is 5.82 Å². The van der Waals surface area contributed by atoms with Crippen molar-refractivity contribution >= 4 is 0 Å². The minimum Gasteiger partial charge on any atom is -0.333 e. The average molecular weight is 193 g/mol. The molecule has 1 aliphatic rings. The molecular formula is C11H19N3. The molecule has 1 aromatic rings. The highest BCUT2D eigenvalue weighted by Gasteiger charge is 2.16. The summed E-state index contributed by atoms with van der Waals surface area (Å²) in [4.78, 5) is 4.39. The molecule has 0 amide bonds. The van der Waals surface area contributed by atoms with E-state index < -0.39 is 0 Å². The minimum absolute atomic E-state index is 0.520. The van der Waals surface area contributed by atoms with Gasteiger partial charge in [-0.15, -0.1) is 0 Å². The van der Waals surface area contributed by atoms with Crippen molar-refractivity contribution in [2.24, 2.45) is 0 Å². The van der Waals surface area contributed by atoms with E-state index in [0.717, 1.165) is 6.54 Å². The highest BCUT2D eigenvalue weighted by atomic mass is 15.1. The van der Waals surface area contributed by atoms with Crippen LogP contribution in [0.15, 0.2) is 12.4 Å². The monoisotopic (exact) mass is 193 g/mol. The van der Waals surface area contributed by atoms with Gasteiger partial charge in [0.15, 0.2) is 0 Å². The van der Waals surface area contributed by atoms with E-state index >= 15 is 0 Å². The fourth-order valence-corrected chi connectivity index (χ4v) is 2.13. The molecule has 1 fully saturated rings. The normalized spacial score (nSPS) is 22.1. The van der Waals surface area contributed by atoms with Crippen molar-refractivity contribution in [1.29, 1.82) is 0 Å². The van der Waals surface area contributed by atoms with Crippen molar-refractivity contribution in [1.82, 2.24) is 14.9 Å². The summed E-state index contributed by atoms with van der Waals surface area (Å²) in [5.74, 6) is 1.73. The van der Waals surface area contributed by atoms with Crippen LogP contribution in [0.1, 0.15) is 38.4 Å². The van der Waals surface area contributed by atoms with Crippen molar-refractivity contribution < 1.29 is 0 Å². The van der Waals surface area contributed by atoms with Gasteiger partial charge in [-0.05, 0) is 19.4 Å². The maximum Gasteiger partial charge on any atom is 0.111 e. The smallest absolute Gasteiger partial charge is 0.111 e. The molecule has 0 radical (unpaired) electrons. The zero-order chi connectivity index (χ0) is 9.97. The lowest BCUT2D eigenvalue weighted by Gasteiger charge is -2.14. The molecule has 3 nitrogen and oxygen atoms in total. The van der Waals surface area contributed by atoms with Crippen LogP contribution in [0.25, 0.3) is 0 Å². The lowest BCUT2D eigenvalue weighted by Crippen LogP contribution is -2.27. The largest absolute Gasteiger partial charge is 0.333 e. The zero-order valence-corrected chi connectivity index (χ0v) is 9.03. The van der Waals surface area contributed by atoms with Crippen LogP contribution in [0.4, 0.5) is 0 Å². The van der Waals surface area contributed by atoms with Gasteiger partial charge in [0.05, 0.1) is 0 Å². The number of hydrogen-bond acceptors (Lipinski definition) is 2. The van der Waals surface area contributed by atoms with Crippen LogP contribution < -0.4 is 5.32 Å². The molecule has 14 heavy (non-hydrogen) atoms. The predicted octanol–water partition coefficient (Wildman–Crippen LogP) is 1.76. The molecule has 0 saturated carbocycles. The first-order valence-electron chi connectivity index (χ1n) is 5.52. The van der Waals surface area contributed by atoms with E-state index in [1.54, 1.807) is 0 Å². The second-order valence-electron chi connectivity index (χ2n) is 4.39. The van der Waals surface area contributed by atoms with E-state index in [4.69, 9.17) is 0 Å². The number of aromatic nitrogens is 2. The van der Waals surface area contributed by atoms with Gasteiger partial charge in [-0.25, -0.2) is 4.98 Å². The molecular weight excluding hydrogens is 174 g/mol. The highest BCUT2D eigenvalue weighted by Crippen LogP contribution is 2.14. The first kappa shape index (κ1) is 9.71. The number of rotatable bonds is 3. The van der Waals surface area contributed by atoms with Crippen LogP contribution >= 0.6 is 0 Å². The lowest BCUT2D eigenvalue weighted by molar-refractivity contribution is 0.489. The molecule has 1 saturated heterocycles. The Hall–Kier alpha value is -0.830. The molecule has 0 aromatic carbocycles. The second kappa shape index (κ2) is 4.13. The van der Waals surface area contributed by atoms with Gasteiger partial charge in [0.25, 0.3) is 0 Å². The Balaban J connectivity index is 2.04. The number of imidazole rings is 1. The minimum atomic E-state index is 0.520. The predicted molar refractivity (Wildman–Crippen MR) is 57.3 cm³/mol. The van der Waals surface area contributed by atoms with E-state index in [1.807, 2.05) is 6.20 Å².